The smallest absolute Gasteiger partial charge is 0.338 e. The molecule has 0 spiro atoms. The minimum atomic E-state index is -0.463. The Hall–Kier alpha value is -3.21. The fraction of sp³-hybridized carbons (Fsp3) is 0.105. The molecule has 122 valence electrons. The van der Waals surface area contributed by atoms with Gasteiger partial charge in [0.05, 0.1) is 12.7 Å². The van der Waals surface area contributed by atoms with E-state index in [9.17, 15) is 14.4 Å². The normalized spacial score (nSPS) is 10.4. The third-order valence-corrected chi connectivity index (χ3v) is 3.25. The molecule has 0 aliphatic heterocycles. The number of carbonyl (C=O) groups excluding carboxylic acids is 3. The number of anilines is 1. The van der Waals surface area contributed by atoms with Gasteiger partial charge in [0.1, 0.15) is 0 Å². The molecule has 0 fully saturated rings. The number of methoxy groups -OCH3 is 1. The predicted octanol–water partition coefficient (Wildman–Crippen LogP) is 3.33. The van der Waals surface area contributed by atoms with Crippen LogP contribution in [0.25, 0.3) is 6.08 Å². The summed E-state index contributed by atoms with van der Waals surface area (Å²) in [6.45, 7) is 1.40. The molecule has 1 amide bonds. The zero-order chi connectivity index (χ0) is 17.5. The Balaban J connectivity index is 2.22. The summed E-state index contributed by atoms with van der Waals surface area (Å²) in [5.74, 6) is -0.903. The molecule has 2 aromatic rings. The summed E-state index contributed by atoms with van der Waals surface area (Å²) in [5.41, 5.74) is 1.97. The molecule has 0 atom stereocenters. The van der Waals surface area contributed by atoms with Crippen LogP contribution in [0.4, 0.5) is 5.69 Å². The Morgan fingerprint density at radius 2 is 1.79 bits per heavy atom. The number of amides is 1. The predicted molar refractivity (Wildman–Crippen MR) is 91.9 cm³/mol. The van der Waals surface area contributed by atoms with Gasteiger partial charge in [-0.25, -0.2) is 4.79 Å². The SMILES string of the molecule is COC(=O)c1ccccc1/C=C/C(=O)c1cccc(NC(C)=O)c1. The van der Waals surface area contributed by atoms with Crippen LogP contribution in [0, 0.1) is 0 Å². The minimum absolute atomic E-state index is 0.206. The van der Waals surface area contributed by atoms with Crippen LogP contribution in [0.3, 0.4) is 0 Å². The van der Waals surface area contributed by atoms with Crippen molar-refractivity contribution in [2.75, 3.05) is 12.4 Å². The molecule has 0 heterocycles. The van der Waals surface area contributed by atoms with Crippen molar-refractivity contribution in [3.05, 3.63) is 71.3 Å². The number of nitrogens with one attached hydrogen (secondary N) is 1. The monoisotopic (exact) mass is 323 g/mol. The van der Waals surface area contributed by atoms with E-state index in [1.165, 1.54) is 20.1 Å². The summed E-state index contributed by atoms with van der Waals surface area (Å²) >= 11 is 0. The van der Waals surface area contributed by atoms with E-state index >= 15 is 0 Å². The molecule has 5 heteroatoms. The van der Waals surface area contributed by atoms with Crippen LogP contribution < -0.4 is 5.32 Å². The number of hydrogen-bond donors (Lipinski definition) is 1. The lowest BCUT2D eigenvalue weighted by Crippen LogP contribution is -2.06. The van der Waals surface area contributed by atoms with Gasteiger partial charge in [-0.3, -0.25) is 9.59 Å². The summed E-state index contributed by atoms with van der Waals surface area (Å²) in [7, 11) is 1.31. The highest BCUT2D eigenvalue weighted by atomic mass is 16.5. The Morgan fingerprint density at radius 1 is 1.04 bits per heavy atom. The van der Waals surface area contributed by atoms with Crippen molar-refractivity contribution in [1.29, 1.82) is 0 Å². The van der Waals surface area contributed by atoms with Crippen molar-refractivity contribution < 1.29 is 19.1 Å². The Bertz CT molecular complexity index is 809. The minimum Gasteiger partial charge on any atom is -0.465 e. The molecule has 0 saturated heterocycles. The molecule has 24 heavy (non-hydrogen) atoms. The number of ketones is 1. The standard InChI is InChI=1S/C19H17NO4/c1-13(21)20-16-8-5-7-15(12-16)18(22)11-10-14-6-3-4-9-17(14)19(23)24-2/h3-12H,1-2H3,(H,20,21)/b11-10+. The Labute approximate surface area is 140 Å². The van der Waals surface area contributed by atoms with Crippen molar-refractivity contribution in [3.8, 4) is 0 Å². The molecule has 0 radical (unpaired) electrons. The number of ether oxygens (including phenoxy) is 1. The van der Waals surface area contributed by atoms with Crippen LogP contribution in [0.2, 0.25) is 0 Å². The quantitative estimate of drug-likeness (QED) is 0.520. The molecule has 0 aromatic heterocycles. The number of esters is 1. The zero-order valence-electron chi connectivity index (χ0n) is 13.4. The van der Waals surface area contributed by atoms with E-state index in [0.717, 1.165) is 0 Å². The van der Waals surface area contributed by atoms with Crippen LogP contribution in [0.5, 0.6) is 0 Å². The first kappa shape index (κ1) is 17.1. The second-order valence-electron chi connectivity index (χ2n) is 5.04. The second kappa shape index (κ2) is 7.87. The van der Waals surface area contributed by atoms with Crippen LogP contribution in [0.1, 0.15) is 33.2 Å². The van der Waals surface area contributed by atoms with Gasteiger partial charge in [0.2, 0.25) is 5.91 Å². The van der Waals surface area contributed by atoms with Crippen molar-refractivity contribution in [3.63, 3.8) is 0 Å². The van der Waals surface area contributed by atoms with Gasteiger partial charge in [0.15, 0.2) is 5.78 Å². The van der Waals surface area contributed by atoms with Crippen molar-refractivity contribution in [2.45, 2.75) is 6.92 Å². The van der Waals surface area contributed by atoms with E-state index < -0.39 is 5.97 Å². The number of benzene rings is 2. The van der Waals surface area contributed by atoms with Crippen molar-refractivity contribution in [2.24, 2.45) is 0 Å². The van der Waals surface area contributed by atoms with Crippen LogP contribution >= 0.6 is 0 Å². The molecule has 5 nitrogen and oxygen atoms in total. The summed E-state index contributed by atoms with van der Waals surface area (Å²) in [5, 5.41) is 2.63. The van der Waals surface area contributed by atoms with Gasteiger partial charge in [0, 0.05) is 18.2 Å². The molecular weight excluding hydrogens is 306 g/mol. The fourth-order valence-electron chi connectivity index (χ4n) is 2.15. The lowest BCUT2D eigenvalue weighted by atomic mass is 10.0. The average molecular weight is 323 g/mol. The highest BCUT2D eigenvalue weighted by Crippen LogP contribution is 2.15. The fourth-order valence-corrected chi connectivity index (χ4v) is 2.15. The van der Waals surface area contributed by atoms with Gasteiger partial charge in [-0.05, 0) is 29.8 Å². The van der Waals surface area contributed by atoms with Gasteiger partial charge < -0.3 is 10.1 Å². The molecule has 0 aliphatic carbocycles. The highest BCUT2D eigenvalue weighted by molar-refractivity contribution is 6.08. The first-order valence-electron chi connectivity index (χ1n) is 7.28. The van der Waals surface area contributed by atoms with Gasteiger partial charge in [-0.15, -0.1) is 0 Å². The molecule has 1 N–H and O–H groups in total. The maximum atomic E-state index is 12.3. The third kappa shape index (κ3) is 4.39. The average Bonchev–Trinajstić information content (AvgIpc) is 2.59. The lowest BCUT2D eigenvalue weighted by molar-refractivity contribution is -0.114. The van der Waals surface area contributed by atoms with Crippen molar-refractivity contribution in [1.82, 2.24) is 0 Å². The van der Waals surface area contributed by atoms with E-state index in [1.54, 1.807) is 54.6 Å². The first-order valence-corrected chi connectivity index (χ1v) is 7.28. The number of rotatable bonds is 5. The molecule has 2 aromatic carbocycles. The molecule has 0 unspecified atom stereocenters. The summed E-state index contributed by atoms with van der Waals surface area (Å²) in [4.78, 5) is 35.1. The highest BCUT2D eigenvalue weighted by Gasteiger charge is 2.09. The molecule has 0 aliphatic rings. The number of hydrogen-bond acceptors (Lipinski definition) is 4. The third-order valence-electron chi connectivity index (χ3n) is 3.25. The summed E-state index contributed by atoms with van der Waals surface area (Å²) < 4.78 is 4.72. The molecule has 2 rings (SSSR count). The van der Waals surface area contributed by atoms with Gasteiger partial charge >= 0.3 is 5.97 Å². The van der Waals surface area contributed by atoms with E-state index in [2.05, 4.69) is 5.32 Å². The van der Waals surface area contributed by atoms with Crippen molar-refractivity contribution >= 4 is 29.4 Å². The number of carbonyl (C=O) groups is 3. The van der Waals surface area contributed by atoms with Gasteiger partial charge in [0.25, 0.3) is 0 Å². The molecule has 0 bridgehead atoms. The molecule has 0 saturated carbocycles. The second-order valence-corrected chi connectivity index (χ2v) is 5.04. The lowest BCUT2D eigenvalue weighted by Gasteiger charge is -2.04. The number of allylic oxidation sites excluding steroid dienone is 1. The molecular formula is C19H17NO4. The van der Waals surface area contributed by atoms with Gasteiger partial charge in [-0.2, -0.15) is 0 Å². The van der Waals surface area contributed by atoms with Crippen LogP contribution in [-0.2, 0) is 9.53 Å². The topological polar surface area (TPSA) is 72.5 Å². The Morgan fingerprint density at radius 3 is 2.50 bits per heavy atom. The van der Waals surface area contributed by atoms with Gasteiger partial charge in [-0.1, -0.05) is 36.4 Å². The van der Waals surface area contributed by atoms with E-state index in [4.69, 9.17) is 4.74 Å². The Kier molecular flexibility index (Phi) is 5.63. The maximum absolute atomic E-state index is 12.3. The van der Waals surface area contributed by atoms with E-state index in [-0.39, 0.29) is 11.7 Å². The van der Waals surface area contributed by atoms with E-state index in [1.807, 2.05) is 0 Å². The van der Waals surface area contributed by atoms with E-state index in [0.29, 0.717) is 22.4 Å². The zero-order valence-corrected chi connectivity index (χ0v) is 13.4. The summed E-state index contributed by atoms with van der Waals surface area (Å²) in [6, 6.07) is 13.5. The van der Waals surface area contributed by atoms with Crippen LogP contribution in [-0.4, -0.2) is 24.8 Å². The first-order chi connectivity index (χ1) is 11.5. The summed E-state index contributed by atoms with van der Waals surface area (Å²) in [6.07, 6.45) is 2.95. The van der Waals surface area contributed by atoms with Crippen LogP contribution in [0.15, 0.2) is 54.6 Å². The maximum Gasteiger partial charge on any atom is 0.338 e. The largest absolute Gasteiger partial charge is 0.465 e.